The first-order chi connectivity index (χ1) is 7.92. The Morgan fingerprint density at radius 2 is 1.94 bits per heavy atom. The molecule has 5 heteroatoms. The minimum Gasteiger partial charge on any atom is -0.404 e. The fourth-order valence-corrected chi connectivity index (χ4v) is 1.25. The minimum absolute atomic E-state index is 0.191. The average Bonchev–Trinajstić information content (AvgIpc) is 2.25. The summed E-state index contributed by atoms with van der Waals surface area (Å²) in [5.41, 5.74) is 0.366. The molecular weight excluding hydrogens is 231 g/mol. The largest absolute Gasteiger partial charge is 0.573 e. The summed E-state index contributed by atoms with van der Waals surface area (Å²) in [5.74, 6) is 0.206. The fourth-order valence-electron chi connectivity index (χ4n) is 1.25. The second-order valence-electron chi connectivity index (χ2n) is 3.94. The fraction of sp³-hybridized carbons (Fsp3) is 0.500. The molecule has 0 aromatic heterocycles. The molecule has 1 unspecified atom stereocenters. The van der Waals surface area contributed by atoms with Crippen molar-refractivity contribution in [3.8, 4) is 5.75 Å². The van der Waals surface area contributed by atoms with Crippen molar-refractivity contribution in [1.82, 2.24) is 0 Å². The lowest BCUT2D eigenvalue weighted by molar-refractivity contribution is -0.274. The van der Waals surface area contributed by atoms with E-state index in [-0.39, 0.29) is 5.75 Å². The molecule has 0 bridgehead atoms. The molecule has 2 nitrogen and oxygen atoms in total. The summed E-state index contributed by atoms with van der Waals surface area (Å²) >= 11 is 0. The predicted molar refractivity (Wildman–Crippen MR) is 61.1 cm³/mol. The number of alkyl halides is 3. The zero-order valence-corrected chi connectivity index (χ0v) is 9.84. The maximum atomic E-state index is 12.1. The molecule has 17 heavy (non-hydrogen) atoms. The maximum Gasteiger partial charge on any atom is 0.573 e. The lowest BCUT2D eigenvalue weighted by Crippen LogP contribution is -2.19. The van der Waals surface area contributed by atoms with Gasteiger partial charge in [-0.05, 0) is 18.1 Å². The zero-order valence-electron chi connectivity index (χ0n) is 9.84. The van der Waals surface area contributed by atoms with Gasteiger partial charge in [-0.25, -0.2) is 0 Å². The van der Waals surface area contributed by atoms with Gasteiger partial charge in [0.2, 0.25) is 0 Å². The number of anilines is 1. The highest BCUT2D eigenvalue weighted by Crippen LogP contribution is 2.29. The molecular formula is C12H16F3NO. The molecule has 0 heterocycles. The lowest BCUT2D eigenvalue weighted by atomic mass is 10.1. The normalized spacial score (nSPS) is 13.2. The van der Waals surface area contributed by atoms with Crippen LogP contribution in [0.1, 0.15) is 20.3 Å². The van der Waals surface area contributed by atoms with Crippen LogP contribution in [-0.4, -0.2) is 12.9 Å². The molecule has 0 aliphatic heterocycles. The second-order valence-corrected chi connectivity index (χ2v) is 3.94. The second kappa shape index (κ2) is 5.80. The van der Waals surface area contributed by atoms with E-state index in [1.54, 1.807) is 12.1 Å². The van der Waals surface area contributed by atoms with E-state index < -0.39 is 6.36 Å². The van der Waals surface area contributed by atoms with Gasteiger partial charge in [0, 0.05) is 6.54 Å². The number of nitrogens with one attached hydrogen (secondary N) is 1. The molecule has 1 atom stereocenters. The van der Waals surface area contributed by atoms with Crippen molar-refractivity contribution in [2.45, 2.75) is 26.6 Å². The molecule has 0 spiro atoms. The van der Waals surface area contributed by atoms with Crippen LogP contribution in [0.5, 0.6) is 5.75 Å². The molecule has 0 fully saturated rings. The van der Waals surface area contributed by atoms with Gasteiger partial charge >= 0.3 is 6.36 Å². The highest BCUT2D eigenvalue weighted by molar-refractivity contribution is 5.56. The van der Waals surface area contributed by atoms with Gasteiger partial charge in [-0.1, -0.05) is 32.4 Å². The van der Waals surface area contributed by atoms with Gasteiger partial charge in [0.15, 0.2) is 5.75 Å². The smallest absolute Gasteiger partial charge is 0.404 e. The molecule has 0 aliphatic carbocycles. The van der Waals surface area contributed by atoms with Crippen LogP contribution in [0.25, 0.3) is 0 Å². The van der Waals surface area contributed by atoms with Crippen molar-refractivity contribution >= 4 is 5.69 Å². The van der Waals surface area contributed by atoms with Crippen molar-refractivity contribution in [2.75, 3.05) is 11.9 Å². The number of rotatable bonds is 5. The van der Waals surface area contributed by atoms with Crippen LogP contribution < -0.4 is 10.1 Å². The summed E-state index contributed by atoms with van der Waals surface area (Å²) in [5, 5.41) is 2.96. The van der Waals surface area contributed by atoms with Crippen LogP contribution in [0.2, 0.25) is 0 Å². The molecule has 0 amide bonds. The van der Waals surface area contributed by atoms with Crippen molar-refractivity contribution in [3.63, 3.8) is 0 Å². The highest BCUT2D eigenvalue weighted by Gasteiger charge is 2.32. The number of hydrogen-bond donors (Lipinski definition) is 1. The first-order valence-corrected chi connectivity index (χ1v) is 5.51. The summed E-state index contributed by atoms with van der Waals surface area (Å²) in [6.07, 6.45) is -3.69. The van der Waals surface area contributed by atoms with Crippen molar-refractivity contribution in [2.24, 2.45) is 5.92 Å². The molecule has 0 aliphatic rings. The first kappa shape index (κ1) is 13.7. The van der Waals surface area contributed by atoms with E-state index in [0.29, 0.717) is 18.2 Å². The van der Waals surface area contributed by atoms with Crippen molar-refractivity contribution in [3.05, 3.63) is 24.3 Å². The summed E-state index contributed by atoms with van der Waals surface area (Å²) in [6.45, 7) is 4.68. The Bertz CT molecular complexity index is 352. The van der Waals surface area contributed by atoms with Gasteiger partial charge in [0.25, 0.3) is 0 Å². The van der Waals surface area contributed by atoms with Gasteiger partial charge in [-0.15, -0.1) is 13.2 Å². The van der Waals surface area contributed by atoms with Crippen LogP contribution >= 0.6 is 0 Å². The SMILES string of the molecule is CCC(C)CNc1ccccc1OC(F)(F)F. The summed E-state index contributed by atoms with van der Waals surface area (Å²) in [7, 11) is 0. The quantitative estimate of drug-likeness (QED) is 0.847. The Kier molecular flexibility index (Phi) is 4.66. The molecule has 96 valence electrons. The van der Waals surface area contributed by atoms with Gasteiger partial charge in [0.1, 0.15) is 0 Å². The molecule has 1 aromatic carbocycles. The molecule has 0 radical (unpaired) electrons. The third-order valence-electron chi connectivity index (χ3n) is 2.45. The molecule has 1 rings (SSSR count). The minimum atomic E-state index is -4.66. The number of para-hydroxylation sites is 2. The number of ether oxygens (including phenoxy) is 1. The number of hydrogen-bond acceptors (Lipinski definition) is 2. The van der Waals surface area contributed by atoms with Gasteiger partial charge in [-0.2, -0.15) is 0 Å². The molecule has 0 saturated carbocycles. The summed E-state index contributed by atoms with van der Waals surface area (Å²) in [4.78, 5) is 0. The van der Waals surface area contributed by atoms with E-state index in [0.717, 1.165) is 6.42 Å². The van der Waals surface area contributed by atoms with E-state index in [1.807, 2.05) is 13.8 Å². The number of halogens is 3. The van der Waals surface area contributed by atoms with Crippen molar-refractivity contribution in [1.29, 1.82) is 0 Å². The topological polar surface area (TPSA) is 21.3 Å². The zero-order chi connectivity index (χ0) is 12.9. The Hall–Kier alpha value is -1.39. The maximum absolute atomic E-state index is 12.1. The van der Waals surface area contributed by atoms with E-state index in [1.165, 1.54) is 12.1 Å². The molecule has 0 saturated heterocycles. The Labute approximate surface area is 98.8 Å². The standard InChI is InChI=1S/C12H16F3NO/c1-3-9(2)8-16-10-6-4-5-7-11(10)17-12(13,14)15/h4-7,9,16H,3,8H2,1-2H3. The van der Waals surface area contributed by atoms with Crippen LogP contribution in [0.3, 0.4) is 0 Å². The van der Waals surface area contributed by atoms with E-state index in [2.05, 4.69) is 10.1 Å². The molecule has 1 aromatic rings. The van der Waals surface area contributed by atoms with Gasteiger partial charge < -0.3 is 10.1 Å². The average molecular weight is 247 g/mol. The monoisotopic (exact) mass is 247 g/mol. The lowest BCUT2D eigenvalue weighted by Gasteiger charge is -2.16. The van der Waals surface area contributed by atoms with Crippen LogP contribution in [0, 0.1) is 5.92 Å². The van der Waals surface area contributed by atoms with Crippen LogP contribution in [0.15, 0.2) is 24.3 Å². The molecule has 1 N–H and O–H groups in total. The van der Waals surface area contributed by atoms with Crippen LogP contribution in [0.4, 0.5) is 18.9 Å². The van der Waals surface area contributed by atoms with Gasteiger partial charge in [0.05, 0.1) is 5.69 Å². The third kappa shape index (κ3) is 4.97. The van der Waals surface area contributed by atoms with Crippen molar-refractivity contribution < 1.29 is 17.9 Å². The van der Waals surface area contributed by atoms with Crippen LogP contribution in [-0.2, 0) is 0 Å². The van der Waals surface area contributed by atoms with E-state index in [9.17, 15) is 13.2 Å². The number of benzene rings is 1. The third-order valence-corrected chi connectivity index (χ3v) is 2.45. The Morgan fingerprint density at radius 1 is 1.29 bits per heavy atom. The summed E-state index contributed by atoms with van der Waals surface area (Å²) < 4.78 is 40.3. The predicted octanol–water partition coefficient (Wildman–Crippen LogP) is 4.04. The Balaban J connectivity index is 2.71. The Morgan fingerprint density at radius 3 is 2.53 bits per heavy atom. The van der Waals surface area contributed by atoms with Gasteiger partial charge in [-0.3, -0.25) is 0 Å². The van der Waals surface area contributed by atoms with E-state index >= 15 is 0 Å². The highest BCUT2D eigenvalue weighted by atomic mass is 19.4. The van der Waals surface area contributed by atoms with E-state index in [4.69, 9.17) is 0 Å². The first-order valence-electron chi connectivity index (χ1n) is 5.51. The summed E-state index contributed by atoms with van der Waals surface area (Å²) in [6, 6.07) is 6.05.